The van der Waals surface area contributed by atoms with Crippen LogP contribution < -0.4 is 10.2 Å². The van der Waals surface area contributed by atoms with E-state index in [-0.39, 0.29) is 12.5 Å². The number of hydrogen-bond acceptors (Lipinski definition) is 3. The average molecular weight is 331 g/mol. The average Bonchev–Trinajstić information content (AvgIpc) is 2.46. The number of ether oxygens (including phenoxy) is 1. The maximum Gasteiger partial charge on any atom is 0.277 e. The Morgan fingerprint density at radius 2 is 2.10 bits per heavy atom. The van der Waals surface area contributed by atoms with E-state index in [9.17, 15) is 4.79 Å². The number of nitrogens with one attached hydrogen (secondary N) is 1. The van der Waals surface area contributed by atoms with E-state index in [0.29, 0.717) is 15.8 Å². The number of unbranched alkanes of at least 4 members (excludes halogenated alkanes) is 1. The van der Waals surface area contributed by atoms with E-state index in [2.05, 4.69) is 17.5 Å². The van der Waals surface area contributed by atoms with Gasteiger partial charge in [0.2, 0.25) is 0 Å². The van der Waals surface area contributed by atoms with Gasteiger partial charge < -0.3 is 4.74 Å². The van der Waals surface area contributed by atoms with Crippen LogP contribution in [0.15, 0.2) is 23.3 Å². The Labute approximate surface area is 135 Å². The molecule has 21 heavy (non-hydrogen) atoms. The Balaban J connectivity index is 2.44. The molecule has 4 nitrogen and oxygen atoms in total. The third-order valence-corrected chi connectivity index (χ3v) is 3.35. The molecule has 0 saturated carbocycles. The standard InChI is InChI=1S/C15H20Cl2N2O2/c1-3-5-6-12(4-2)18-19-15(20)10-21-14-8-7-11(16)9-13(14)17/h7-9H,3-6,10H2,1-2H3,(H,19,20)/b18-12+. The molecule has 0 bridgehead atoms. The summed E-state index contributed by atoms with van der Waals surface area (Å²) in [6.07, 6.45) is 3.89. The Kier molecular flexibility index (Phi) is 8.16. The molecule has 0 aliphatic heterocycles. The highest BCUT2D eigenvalue weighted by atomic mass is 35.5. The molecule has 0 aromatic heterocycles. The molecule has 0 unspecified atom stereocenters. The molecule has 0 saturated heterocycles. The lowest BCUT2D eigenvalue weighted by Crippen LogP contribution is -2.25. The van der Waals surface area contributed by atoms with Gasteiger partial charge in [0, 0.05) is 10.7 Å². The van der Waals surface area contributed by atoms with Crippen molar-refractivity contribution in [3.05, 3.63) is 28.2 Å². The van der Waals surface area contributed by atoms with Gasteiger partial charge in [-0.1, -0.05) is 43.5 Å². The molecular formula is C15H20Cl2N2O2. The summed E-state index contributed by atoms with van der Waals surface area (Å²) in [4.78, 5) is 11.7. The van der Waals surface area contributed by atoms with Crippen molar-refractivity contribution in [1.29, 1.82) is 0 Å². The van der Waals surface area contributed by atoms with Crippen molar-refractivity contribution in [3.63, 3.8) is 0 Å². The molecule has 0 aliphatic rings. The molecular weight excluding hydrogens is 311 g/mol. The zero-order chi connectivity index (χ0) is 15.7. The Morgan fingerprint density at radius 3 is 2.71 bits per heavy atom. The SMILES string of the molecule is CCCC/C(CC)=N/NC(=O)COc1ccc(Cl)cc1Cl. The highest BCUT2D eigenvalue weighted by Gasteiger charge is 2.06. The molecule has 0 aliphatic carbocycles. The highest BCUT2D eigenvalue weighted by molar-refractivity contribution is 6.35. The summed E-state index contributed by atoms with van der Waals surface area (Å²) in [6.45, 7) is 4.00. The lowest BCUT2D eigenvalue weighted by atomic mass is 10.1. The molecule has 1 N–H and O–H groups in total. The molecule has 0 fully saturated rings. The fourth-order valence-electron chi connectivity index (χ4n) is 1.60. The molecule has 1 aromatic rings. The zero-order valence-electron chi connectivity index (χ0n) is 12.3. The van der Waals surface area contributed by atoms with Gasteiger partial charge in [0.05, 0.1) is 5.02 Å². The van der Waals surface area contributed by atoms with Gasteiger partial charge in [0.15, 0.2) is 6.61 Å². The van der Waals surface area contributed by atoms with E-state index in [1.54, 1.807) is 18.2 Å². The third kappa shape index (κ3) is 6.82. The lowest BCUT2D eigenvalue weighted by Gasteiger charge is -2.08. The lowest BCUT2D eigenvalue weighted by molar-refractivity contribution is -0.123. The summed E-state index contributed by atoms with van der Waals surface area (Å²) in [5.41, 5.74) is 3.48. The monoisotopic (exact) mass is 330 g/mol. The molecule has 1 rings (SSSR count). The fourth-order valence-corrected chi connectivity index (χ4v) is 2.06. The Morgan fingerprint density at radius 1 is 1.33 bits per heavy atom. The smallest absolute Gasteiger partial charge is 0.277 e. The van der Waals surface area contributed by atoms with E-state index in [1.807, 2.05) is 6.92 Å². The second-order valence-corrected chi connectivity index (χ2v) is 5.38. The second-order valence-electron chi connectivity index (χ2n) is 4.53. The molecule has 0 heterocycles. The van der Waals surface area contributed by atoms with Gasteiger partial charge in [-0.25, -0.2) is 5.43 Å². The van der Waals surface area contributed by atoms with Crippen LogP contribution in [0.4, 0.5) is 0 Å². The number of hydrogen-bond donors (Lipinski definition) is 1. The van der Waals surface area contributed by atoms with Crippen LogP contribution in [0.2, 0.25) is 10.0 Å². The first-order valence-electron chi connectivity index (χ1n) is 6.99. The van der Waals surface area contributed by atoms with Crippen LogP contribution in [0, 0.1) is 0 Å². The van der Waals surface area contributed by atoms with E-state index in [0.717, 1.165) is 31.4 Å². The molecule has 1 amide bonds. The number of nitrogens with zero attached hydrogens (tertiary/aromatic N) is 1. The maximum atomic E-state index is 11.7. The first-order valence-corrected chi connectivity index (χ1v) is 7.74. The van der Waals surface area contributed by atoms with Gasteiger partial charge in [0.25, 0.3) is 5.91 Å². The summed E-state index contributed by atoms with van der Waals surface area (Å²) < 4.78 is 5.33. The van der Waals surface area contributed by atoms with Gasteiger partial charge in [-0.3, -0.25) is 4.79 Å². The Bertz CT molecular complexity index is 504. The van der Waals surface area contributed by atoms with Crippen LogP contribution in [-0.4, -0.2) is 18.2 Å². The van der Waals surface area contributed by atoms with E-state index in [1.165, 1.54) is 0 Å². The van der Waals surface area contributed by atoms with Crippen molar-refractivity contribution in [2.24, 2.45) is 5.10 Å². The van der Waals surface area contributed by atoms with Crippen molar-refractivity contribution in [3.8, 4) is 5.75 Å². The number of carbonyl (C=O) groups is 1. The number of benzene rings is 1. The fraction of sp³-hybridized carbons (Fsp3) is 0.467. The minimum Gasteiger partial charge on any atom is -0.482 e. The zero-order valence-corrected chi connectivity index (χ0v) is 13.8. The molecule has 116 valence electrons. The van der Waals surface area contributed by atoms with E-state index < -0.39 is 0 Å². The van der Waals surface area contributed by atoms with Gasteiger partial charge in [-0.2, -0.15) is 5.10 Å². The van der Waals surface area contributed by atoms with Crippen molar-refractivity contribution < 1.29 is 9.53 Å². The summed E-state index contributed by atoms with van der Waals surface area (Å²) >= 11 is 11.7. The summed E-state index contributed by atoms with van der Waals surface area (Å²) in [5.74, 6) is 0.102. The highest BCUT2D eigenvalue weighted by Crippen LogP contribution is 2.27. The van der Waals surface area contributed by atoms with Gasteiger partial charge in [-0.05, 0) is 37.5 Å². The summed E-state index contributed by atoms with van der Waals surface area (Å²) in [5, 5.41) is 5.00. The van der Waals surface area contributed by atoms with Crippen molar-refractivity contribution in [2.45, 2.75) is 39.5 Å². The normalized spacial score (nSPS) is 11.3. The maximum absolute atomic E-state index is 11.7. The molecule has 1 aromatic carbocycles. The van der Waals surface area contributed by atoms with E-state index in [4.69, 9.17) is 27.9 Å². The van der Waals surface area contributed by atoms with Crippen LogP contribution in [0.5, 0.6) is 5.75 Å². The van der Waals surface area contributed by atoms with Crippen molar-refractivity contribution in [2.75, 3.05) is 6.61 Å². The minimum absolute atomic E-state index is 0.143. The van der Waals surface area contributed by atoms with Crippen LogP contribution in [-0.2, 0) is 4.79 Å². The summed E-state index contributed by atoms with van der Waals surface area (Å²) in [6, 6.07) is 4.84. The quantitative estimate of drug-likeness (QED) is 0.565. The topological polar surface area (TPSA) is 50.7 Å². The van der Waals surface area contributed by atoms with Gasteiger partial charge in [-0.15, -0.1) is 0 Å². The van der Waals surface area contributed by atoms with E-state index >= 15 is 0 Å². The van der Waals surface area contributed by atoms with Crippen LogP contribution in [0.1, 0.15) is 39.5 Å². The third-order valence-electron chi connectivity index (χ3n) is 2.82. The first kappa shape index (κ1) is 17.8. The van der Waals surface area contributed by atoms with Crippen LogP contribution >= 0.6 is 23.2 Å². The Hall–Kier alpha value is -1.26. The molecule has 0 radical (unpaired) electrons. The minimum atomic E-state index is -0.316. The molecule has 0 spiro atoms. The predicted octanol–water partition coefficient (Wildman–Crippen LogP) is 4.44. The number of halogens is 2. The molecule has 6 heteroatoms. The number of amides is 1. The first-order chi connectivity index (χ1) is 10.1. The van der Waals surface area contributed by atoms with Crippen molar-refractivity contribution >= 4 is 34.8 Å². The second kappa shape index (κ2) is 9.64. The predicted molar refractivity (Wildman–Crippen MR) is 87.4 cm³/mol. The number of carbonyl (C=O) groups excluding carboxylic acids is 1. The summed E-state index contributed by atoms with van der Waals surface area (Å²) in [7, 11) is 0. The van der Waals surface area contributed by atoms with Gasteiger partial charge in [0.1, 0.15) is 5.75 Å². The van der Waals surface area contributed by atoms with Crippen LogP contribution in [0.25, 0.3) is 0 Å². The number of hydrazone groups is 1. The van der Waals surface area contributed by atoms with Crippen LogP contribution in [0.3, 0.4) is 0 Å². The largest absolute Gasteiger partial charge is 0.482 e. The van der Waals surface area contributed by atoms with Crippen molar-refractivity contribution in [1.82, 2.24) is 5.43 Å². The van der Waals surface area contributed by atoms with Gasteiger partial charge >= 0.3 is 0 Å². The number of rotatable bonds is 8. The molecule has 0 atom stereocenters.